The zero-order chi connectivity index (χ0) is 25.4. The molecule has 35 heavy (non-hydrogen) atoms. The minimum absolute atomic E-state index is 0.138. The molecule has 0 saturated carbocycles. The normalized spacial score (nSPS) is 21.3. The van der Waals surface area contributed by atoms with Crippen molar-refractivity contribution >= 4 is 13.4 Å². The quantitative estimate of drug-likeness (QED) is 0.144. The van der Waals surface area contributed by atoms with E-state index in [1.807, 2.05) is 6.07 Å². The Bertz CT molecular complexity index is 1190. The highest BCUT2D eigenvalue weighted by molar-refractivity contribution is 7.54. The van der Waals surface area contributed by atoms with Crippen molar-refractivity contribution in [2.45, 2.75) is 64.3 Å². The van der Waals surface area contributed by atoms with Crippen molar-refractivity contribution in [1.29, 1.82) is 0 Å². The van der Waals surface area contributed by atoms with Gasteiger partial charge in [-0.1, -0.05) is 49.5 Å². The molecule has 0 radical (unpaired) electrons. The lowest BCUT2D eigenvalue weighted by molar-refractivity contribution is -0.0240. The second kappa shape index (κ2) is 12.2. The van der Waals surface area contributed by atoms with Crippen molar-refractivity contribution in [2.75, 3.05) is 17.8 Å². The number of nitrogens with one attached hydrogen (secondary N) is 1. The summed E-state index contributed by atoms with van der Waals surface area (Å²) in [6, 6.07) is 8.11. The summed E-state index contributed by atoms with van der Waals surface area (Å²) >= 11 is 0. The number of aromatic nitrogens is 2. The minimum atomic E-state index is -4.28. The summed E-state index contributed by atoms with van der Waals surface area (Å²) in [6.07, 6.45) is 3.50. The third-order valence-electron chi connectivity index (χ3n) is 5.85. The number of aryl methyl sites for hydroxylation is 1. The van der Waals surface area contributed by atoms with Gasteiger partial charge in [0, 0.05) is 35.3 Å². The lowest BCUT2D eigenvalue weighted by atomic mass is 10.1. The molecule has 1 aromatic heterocycles. The number of H-pyrrole nitrogens is 1. The Morgan fingerprint density at radius 1 is 1.31 bits per heavy atom. The van der Waals surface area contributed by atoms with E-state index >= 15 is 0 Å². The first kappa shape index (κ1) is 26.7. The maximum absolute atomic E-state index is 13.3. The molecule has 1 aliphatic heterocycles. The summed E-state index contributed by atoms with van der Waals surface area (Å²) in [7, 11) is -4.28. The van der Waals surface area contributed by atoms with Gasteiger partial charge in [0.2, 0.25) is 0 Å². The van der Waals surface area contributed by atoms with Crippen molar-refractivity contribution in [2.24, 2.45) is 5.11 Å². The molecule has 1 aromatic carbocycles. The number of ether oxygens (including phenoxy) is 1. The van der Waals surface area contributed by atoms with E-state index in [0.29, 0.717) is 24.2 Å². The van der Waals surface area contributed by atoms with Crippen LogP contribution in [0, 0.1) is 6.92 Å². The van der Waals surface area contributed by atoms with Crippen LogP contribution in [0.1, 0.15) is 50.8 Å². The molecule has 1 aliphatic rings. The molecule has 2 N–H and O–H groups in total. The van der Waals surface area contributed by atoms with Crippen LogP contribution >= 0.6 is 7.75 Å². The first-order valence-corrected chi connectivity index (χ1v) is 13.1. The number of anilines is 1. The fraction of sp³-hybridized carbons (Fsp3) is 0.545. The SMILES string of the molecule is CCCCCCN(c1ccccc1)P(=O)(O)OC[C@H]1O[C@@H](n2cc(C)c(=O)[nH]c2=O)C[C@@H]1N=[N+]=[N-]. The Hall–Kier alpha value is -2.88. The molecule has 2 heterocycles. The number of nitrogens with zero attached hydrogens (tertiary/aromatic N) is 5. The minimum Gasteiger partial charge on any atom is -0.352 e. The van der Waals surface area contributed by atoms with E-state index in [2.05, 4.69) is 21.9 Å². The Balaban J connectivity index is 1.76. The zero-order valence-corrected chi connectivity index (χ0v) is 20.7. The highest BCUT2D eigenvalue weighted by atomic mass is 31.2. The molecule has 1 fully saturated rings. The Morgan fingerprint density at radius 3 is 2.74 bits per heavy atom. The van der Waals surface area contributed by atoms with Gasteiger partial charge in [0.15, 0.2) is 0 Å². The van der Waals surface area contributed by atoms with Crippen LogP contribution in [0.3, 0.4) is 0 Å². The largest absolute Gasteiger partial charge is 0.432 e. The molecule has 3 rings (SSSR count). The number of unbranched alkanes of at least 4 members (excludes halogenated alkanes) is 3. The fourth-order valence-corrected chi connectivity index (χ4v) is 5.25. The van der Waals surface area contributed by atoms with Gasteiger partial charge in [-0.2, -0.15) is 0 Å². The summed E-state index contributed by atoms with van der Waals surface area (Å²) in [4.78, 5) is 39.9. The van der Waals surface area contributed by atoms with Gasteiger partial charge in [0.25, 0.3) is 5.56 Å². The fourth-order valence-electron chi connectivity index (χ4n) is 3.95. The van der Waals surface area contributed by atoms with Gasteiger partial charge < -0.3 is 9.63 Å². The second-order valence-corrected chi connectivity index (χ2v) is 10.1. The van der Waals surface area contributed by atoms with E-state index in [0.717, 1.165) is 19.3 Å². The molecule has 1 saturated heterocycles. The molecule has 13 heteroatoms. The topological polar surface area (TPSA) is 163 Å². The first-order chi connectivity index (χ1) is 16.8. The van der Waals surface area contributed by atoms with Crippen molar-refractivity contribution in [3.63, 3.8) is 0 Å². The van der Waals surface area contributed by atoms with E-state index in [-0.39, 0.29) is 13.0 Å². The van der Waals surface area contributed by atoms with Crippen molar-refractivity contribution in [3.05, 3.63) is 73.4 Å². The third kappa shape index (κ3) is 6.84. The highest BCUT2D eigenvalue weighted by Crippen LogP contribution is 2.50. The zero-order valence-electron chi connectivity index (χ0n) is 19.8. The van der Waals surface area contributed by atoms with Gasteiger partial charge in [-0.15, -0.1) is 0 Å². The van der Waals surface area contributed by atoms with Crippen LogP contribution in [0.5, 0.6) is 0 Å². The van der Waals surface area contributed by atoms with Gasteiger partial charge in [-0.3, -0.25) is 23.5 Å². The van der Waals surface area contributed by atoms with Crippen LogP contribution in [-0.2, 0) is 13.8 Å². The summed E-state index contributed by atoms with van der Waals surface area (Å²) in [5.41, 5.74) is 8.68. The second-order valence-electron chi connectivity index (χ2n) is 8.42. The van der Waals surface area contributed by atoms with Gasteiger partial charge in [0.05, 0.1) is 18.8 Å². The molecule has 0 bridgehead atoms. The van der Waals surface area contributed by atoms with Crippen LogP contribution in [0.25, 0.3) is 10.4 Å². The maximum Gasteiger partial charge on any atom is 0.432 e. The number of aromatic amines is 1. The van der Waals surface area contributed by atoms with E-state index in [1.54, 1.807) is 31.2 Å². The summed E-state index contributed by atoms with van der Waals surface area (Å²) in [5.74, 6) is 0. The molecule has 0 spiro atoms. The summed E-state index contributed by atoms with van der Waals surface area (Å²) in [5, 5.41) is 3.73. The van der Waals surface area contributed by atoms with Crippen LogP contribution in [-0.4, -0.2) is 39.7 Å². The number of hydrogen-bond acceptors (Lipinski definition) is 6. The molecular weight excluding hydrogens is 475 g/mol. The van der Waals surface area contributed by atoms with Gasteiger partial charge >= 0.3 is 13.4 Å². The monoisotopic (exact) mass is 506 g/mol. The third-order valence-corrected chi connectivity index (χ3v) is 7.38. The van der Waals surface area contributed by atoms with E-state index in [1.165, 1.54) is 15.4 Å². The van der Waals surface area contributed by atoms with Crippen molar-refractivity contribution < 1.29 is 18.7 Å². The molecule has 190 valence electrons. The predicted molar refractivity (Wildman–Crippen MR) is 131 cm³/mol. The average Bonchev–Trinajstić information content (AvgIpc) is 3.23. The lowest BCUT2D eigenvalue weighted by Gasteiger charge is -2.29. The van der Waals surface area contributed by atoms with Crippen molar-refractivity contribution in [3.8, 4) is 0 Å². The summed E-state index contributed by atoms with van der Waals surface area (Å²) < 4.78 is 27.2. The van der Waals surface area contributed by atoms with Crippen molar-refractivity contribution in [1.82, 2.24) is 9.55 Å². The van der Waals surface area contributed by atoms with Crippen LogP contribution in [0.2, 0.25) is 0 Å². The van der Waals surface area contributed by atoms with Gasteiger partial charge in [0.1, 0.15) is 6.23 Å². The molecule has 2 aromatic rings. The molecule has 0 aliphatic carbocycles. The molecular formula is C22H31N6O6P. The number of benzene rings is 1. The molecule has 12 nitrogen and oxygen atoms in total. The number of hydrogen-bond donors (Lipinski definition) is 2. The standard InChI is InChI=1S/C22H31N6O6P/c1-3-4-5-9-12-28(17-10-7-6-8-11-17)35(31,32)33-15-19-18(25-26-23)13-20(34-19)27-14-16(2)21(29)24-22(27)30/h6-8,10-11,14,18-20H,3-5,9,12-13,15H2,1-2H3,(H,31,32)(H,24,29,30)/t18-,19+,20+/m0/s1. The molecule has 1 unspecified atom stereocenters. The Morgan fingerprint density at radius 2 is 2.06 bits per heavy atom. The number of azide groups is 1. The highest BCUT2D eigenvalue weighted by Gasteiger charge is 2.39. The smallest absolute Gasteiger partial charge is 0.352 e. The van der Waals surface area contributed by atoms with E-state index in [4.69, 9.17) is 14.8 Å². The van der Waals surface area contributed by atoms with E-state index < -0.39 is 37.4 Å². The predicted octanol–water partition coefficient (Wildman–Crippen LogP) is 4.02. The summed E-state index contributed by atoms with van der Waals surface area (Å²) in [6.45, 7) is 3.64. The van der Waals surface area contributed by atoms with Crippen LogP contribution in [0.4, 0.5) is 5.69 Å². The molecule has 4 atom stereocenters. The van der Waals surface area contributed by atoms with Gasteiger partial charge in [-0.05, 0) is 31.0 Å². The average molecular weight is 507 g/mol. The van der Waals surface area contributed by atoms with Crippen LogP contribution < -0.4 is 15.9 Å². The Kier molecular flexibility index (Phi) is 9.31. The lowest BCUT2D eigenvalue weighted by Crippen LogP contribution is -2.33. The number of para-hydroxylation sites is 1. The maximum atomic E-state index is 13.3. The molecule has 0 amide bonds. The van der Waals surface area contributed by atoms with E-state index in [9.17, 15) is 19.0 Å². The van der Waals surface area contributed by atoms with Gasteiger partial charge in [-0.25, -0.2) is 9.36 Å². The Labute approximate surface area is 202 Å². The van der Waals surface area contributed by atoms with Crippen LogP contribution in [0.15, 0.2) is 51.2 Å². The number of rotatable bonds is 12. The first-order valence-electron chi connectivity index (χ1n) is 11.6.